The Morgan fingerprint density at radius 2 is 1.77 bits per heavy atom. The minimum atomic E-state index is -0.551. The summed E-state index contributed by atoms with van der Waals surface area (Å²) in [4.78, 5) is 13.3. The van der Waals surface area contributed by atoms with Gasteiger partial charge in [-0.1, -0.05) is 60.7 Å². The van der Waals surface area contributed by atoms with Crippen LogP contribution in [0.5, 0.6) is 0 Å². The highest BCUT2D eigenvalue weighted by molar-refractivity contribution is 7.97. The molecule has 1 N–H and O–H groups in total. The molecule has 3 aromatic rings. The van der Waals surface area contributed by atoms with Gasteiger partial charge in [0, 0.05) is 10.5 Å². The van der Waals surface area contributed by atoms with Gasteiger partial charge >= 0.3 is 5.97 Å². The highest BCUT2D eigenvalue weighted by atomic mass is 32.2. The van der Waals surface area contributed by atoms with Crippen molar-refractivity contribution < 1.29 is 14.6 Å². The van der Waals surface area contributed by atoms with E-state index in [1.54, 1.807) is 4.31 Å². The van der Waals surface area contributed by atoms with E-state index in [9.17, 15) is 9.90 Å². The molecule has 1 aliphatic rings. The number of aliphatic hydroxyl groups is 1. The van der Waals surface area contributed by atoms with Crippen LogP contribution in [0.25, 0.3) is 16.5 Å². The molecule has 0 bridgehead atoms. The van der Waals surface area contributed by atoms with E-state index in [2.05, 4.69) is 0 Å². The lowest BCUT2D eigenvalue weighted by atomic mass is 10.0. The van der Waals surface area contributed by atoms with E-state index < -0.39 is 5.97 Å². The average molecular weight is 363 g/mol. The minimum absolute atomic E-state index is 0.0488. The molecule has 4 nitrogen and oxygen atoms in total. The molecule has 130 valence electrons. The molecule has 1 aliphatic heterocycles. The lowest BCUT2D eigenvalue weighted by Crippen LogP contribution is -2.26. The Balaban J connectivity index is 1.87. The van der Waals surface area contributed by atoms with Crippen LogP contribution in [0.2, 0.25) is 0 Å². The van der Waals surface area contributed by atoms with Gasteiger partial charge < -0.3 is 9.84 Å². The molecule has 0 fully saturated rings. The maximum Gasteiger partial charge on any atom is 0.359 e. The van der Waals surface area contributed by atoms with Crippen molar-refractivity contribution in [1.29, 1.82) is 0 Å². The van der Waals surface area contributed by atoms with Crippen LogP contribution in [0, 0.1) is 0 Å². The molecule has 0 aliphatic carbocycles. The average Bonchev–Trinajstić information content (AvgIpc) is 2.68. The molecule has 0 radical (unpaired) electrons. The van der Waals surface area contributed by atoms with E-state index in [1.165, 1.54) is 19.1 Å². The molecule has 0 saturated carbocycles. The Hall–Kier alpha value is -2.92. The summed E-state index contributed by atoms with van der Waals surface area (Å²) in [5.74, 6) is -0.600. The molecule has 0 amide bonds. The Morgan fingerprint density at radius 1 is 1.04 bits per heavy atom. The summed E-state index contributed by atoms with van der Waals surface area (Å²) in [7, 11) is 1.32. The van der Waals surface area contributed by atoms with Gasteiger partial charge in [-0.3, -0.25) is 4.31 Å². The fraction of sp³-hybridized carbons (Fsp3) is 0.0952. The SMILES string of the molecule is COC(=O)C1=C(O)c2ccc3ccccc3c2SN1Cc1ccccc1. The molecule has 1 heterocycles. The second-order valence-electron chi connectivity index (χ2n) is 5.97. The lowest BCUT2D eigenvalue weighted by Gasteiger charge is -2.31. The highest BCUT2D eigenvalue weighted by Gasteiger charge is 2.32. The first-order valence-corrected chi connectivity index (χ1v) is 8.99. The number of carbonyl (C=O) groups excluding carboxylic acids is 1. The van der Waals surface area contributed by atoms with Crippen LogP contribution in [-0.4, -0.2) is 22.5 Å². The van der Waals surface area contributed by atoms with Crippen LogP contribution < -0.4 is 0 Å². The van der Waals surface area contributed by atoms with E-state index in [1.807, 2.05) is 66.7 Å². The Morgan fingerprint density at radius 3 is 2.54 bits per heavy atom. The minimum Gasteiger partial charge on any atom is -0.505 e. The van der Waals surface area contributed by atoms with E-state index >= 15 is 0 Å². The maximum atomic E-state index is 12.4. The van der Waals surface area contributed by atoms with Crippen LogP contribution in [0.15, 0.2) is 77.3 Å². The largest absolute Gasteiger partial charge is 0.505 e. The number of nitrogens with zero attached hydrogens (tertiary/aromatic N) is 1. The van der Waals surface area contributed by atoms with E-state index in [-0.39, 0.29) is 11.5 Å². The fourth-order valence-electron chi connectivity index (χ4n) is 3.09. The smallest absolute Gasteiger partial charge is 0.359 e. The molecule has 0 saturated heterocycles. The van der Waals surface area contributed by atoms with Gasteiger partial charge in [0.1, 0.15) is 0 Å². The number of hydrogen-bond donors (Lipinski definition) is 1. The quantitative estimate of drug-likeness (QED) is 0.537. The number of rotatable bonds is 3. The third-order valence-electron chi connectivity index (χ3n) is 4.36. The highest BCUT2D eigenvalue weighted by Crippen LogP contribution is 2.44. The van der Waals surface area contributed by atoms with Crippen molar-refractivity contribution in [3.05, 3.63) is 83.6 Å². The maximum absolute atomic E-state index is 12.4. The van der Waals surface area contributed by atoms with Crippen LogP contribution in [-0.2, 0) is 16.1 Å². The number of esters is 1. The topological polar surface area (TPSA) is 49.8 Å². The first-order chi connectivity index (χ1) is 12.7. The van der Waals surface area contributed by atoms with Crippen molar-refractivity contribution in [2.75, 3.05) is 7.11 Å². The molecule has 0 unspecified atom stereocenters. The van der Waals surface area contributed by atoms with Crippen LogP contribution in [0.3, 0.4) is 0 Å². The summed E-state index contributed by atoms with van der Waals surface area (Å²) in [5, 5.41) is 13.0. The third kappa shape index (κ3) is 2.80. The van der Waals surface area contributed by atoms with Gasteiger partial charge in [0.05, 0.1) is 13.7 Å². The molecular formula is C21H17NO3S. The molecule has 0 atom stereocenters. The molecule has 3 aromatic carbocycles. The van der Waals surface area contributed by atoms with E-state index in [0.29, 0.717) is 12.1 Å². The number of aliphatic hydroxyl groups excluding tert-OH is 1. The molecule has 0 spiro atoms. The van der Waals surface area contributed by atoms with E-state index in [4.69, 9.17) is 4.74 Å². The summed E-state index contributed by atoms with van der Waals surface area (Å²) in [6, 6.07) is 21.7. The van der Waals surface area contributed by atoms with Crippen molar-refractivity contribution in [3.63, 3.8) is 0 Å². The number of carbonyl (C=O) groups is 1. The zero-order valence-electron chi connectivity index (χ0n) is 14.2. The summed E-state index contributed by atoms with van der Waals surface area (Å²) in [6.07, 6.45) is 0. The van der Waals surface area contributed by atoms with Gasteiger partial charge in [-0.25, -0.2) is 4.79 Å². The number of methoxy groups -OCH3 is 1. The summed E-state index contributed by atoms with van der Waals surface area (Å²) in [6.45, 7) is 0.475. The van der Waals surface area contributed by atoms with Crippen molar-refractivity contribution in [2.45, 2.75) is 11.4 Å². The monoisotopic (exact) mass is 363 g/mol. The Kier molecular flexibility index (Phi) is 4.31. The fourth-order valence-corrected chi connectivity index (χ4v) is 4.32. The molecular weight excluding hydrogens is 346 g/mol. The van der Waals surface area contributed by atoms with Crippen LogP contribution in [0.1, 0.15) is 11.1 Å². The number of fused-ring (bicyclic) bond motifs is 3. The number of ether oxygens (including phenoxy) is 1. The normalized spacial score (nSPS) is 13.7. The zero-order valence-corrected chi connectivity index (χ0v) is 15.0. The number of hydrogen-bond acceptors (Lipinski definition) is 5. The Bertz CT molecular complexity index is 1010. The number of benzene rings is 3. The molecule has 0 aromatic heterocycles. The van der Waals surface area contributed by atoms with Gasteiger partial charge in [-0.05, 0) is 34.4 Å². The lowest BCUT2D eigenvalue weighted by molar-refractivity contribution is -0.137. The second-order valence-corrected chi connectivity index (χ2v) is 7.00. The Labute approximate surface area is 155 Å². The van der Waals surface area contributed by atoms with Crippen LogP contribution >= 0.6 is 11.9 Å². The van der Waals surface area contributed by atoms with Crippen molar-refractivity contribution in [1.82, 2.24) is 4.31 Å². The van der Waals surface area contributed by atoms with Gasteiger partial charge in [0.15, 0.2) is 11.5 Å². The second kappa shape index (κ2) is 6.77. The van der Waals surface area contributed by atoms with Crippen molar-refractivity contribution in [3.8, 4) is 0 Å². The van der Waals surface area contributed by atoms with Gasteiger partial charge in [-0.2, -0.15) is 0 Å². The van der Waals surface area contributed by atoms with Gasteiger partial charge in [-0.15, -0.1) is 0 Å². The van der Waals surface area contributed by atoms with Crippen LogP contribution in [0.4, 0.5) is 0 Å². The zero-order chi connectivity index (χ0) is 18.1. The third-order valence-corrected chi connectivity index (χ3v) is 5.51. The van der Waals surface area contributed by atoms with Gasteiger partial charge in [0.2, 0.25) is 0 Å². The summed E-state index contributed by atoms with van der Waals surface area (Å²) >= 11 is 1.45. The summed E-state index contributed by atoms with van der Waals surface area (Å²) < 4.78 is 6.72. The molecule has 5 heteroatoms. The first-order valence-electron chi connectivity index (χ1n) is 8.22. The summed E-state index contributed by atoms with van der Waals surface area (Å²) in [5.41, 5.74) is 1.86. The van der Waals surface area contributed by atoms with Gasteiger partial charge in [0.25, 0.3) is 0 Å². The van der Waals surface area contributed by atoms with Crippen molar-refractivity contribution in [2.24, 2.45) is 0 Å². The predicted octanol–water partition coefficient (Wildman–Crippen LogP) is 4.76. The standard InChI is InChI=1S/C21H17NO3S/c1-25-21(24)18-19(23)17-12-11-15-9-5-6-10-16(15)20(17)26-22(18)13-14-7-3-2-4-8-14/h2-12,23H,13H2,1H3. The predicted molar refractivity (Wildman–Crippen MR) is 103 cm³/mol. The van der Waals surface area contributed by atoms with E-state index in [0.717, 1.165) is 21.2 Å². The van der Waals surface area contributed by atoms with Crippen molar-refractivity contribution >= 4 is 34.4 Å². The first kappa shape index (κ1) is 16.5. The molecule has 4 rings (SSSR count). The molecule has 26 heavy (non-hydrogen) atoms.